The van der Waals surface area contributed by atoms with Crippen LogP contribution >= 0.6 is 28.1 Å². The van der Waals surface area contributed by atoms with Gasteiger partial charge in [0.1, 0.15) is 0 Å². The van der Waals surface area contributed by atoms with Crippen LogP contribution in [-0.2, 0) is 6.42 Å². The summed E-state index contributed by atoms with van der Waals surface area (Å²) in [4.78, 5) is 12.1. The summed E-state index contributed by atoms with van der Waals surface area (Å²) in [6, 6.07) is 13.3. The molecule has 0 spiro atoms. The molecular weight excluding hydrogens is 360 g/mol. The second kappa shape index (κ2) is 7.51. The molecule has 0 aromatic heterocycles. The molecule has 0 unspecified atom stereocenters. The summed E-state index contributed by atoms with van der Waals surface area (Å²) >= 11 is 8.63. The summed E-state index contributed by atoms with van der Waals surface area (Å²) in [6.45, 7) is 4.07. The molecule has 5 heteroatoms. The van der Waals surface area contributed by atoms with Crippen molar-refractivity contribution in [3.63, 3.8) is 0 Å². The molecule has 0 fully saturated rings. The maximum absolute atomic E-state index is 12.1. The van der Waals surface area contributed by atoms with Crippen LogP contribution in [0.25, 0.3) is 0 Å². The SMILES string of the molecule is CCc1ccc(C(=O)NC(=S)Nc2ccc(Br)c(C)c2)cc1. The molecule has 0 radical (unpaired) electrons. The Balaban J connectivity index is 1.98. The summed E-state index contributed by atoms with van der Waals surface area (Å²) < 4.78 is 1.03. The third-order valence-corrected chi connectivity index (χ3v) is 4.36. The van der Waals surface area contributed by atoms with Gasteiger partial charge < -0.3 is 5.32 Å². The summed E-state index contributed by atoms with van der Waals surface area (Å²) in [5.74, 6) is -0.214. The number of thiocarbonyl (C=S) groups is 1. The molecule has 3 nitrogen and oxygen atoms in total. The van der Waals surface area contributed by atoms with E-state index < -0.39 is 0 Å². The van der Waals surface area contributed by atoms with E-state index in [4.69, 9.17) is 12.2 Å². The number of carbonyl (C=O) groups is 1. The number of rotatable bonds is 3. The van der Waals surface area contributed by atoms with Gasteiger partial charge in [0.15, 0.2) is 5.11 Å². The van der Waals surface area contributed by atoms with Gasteiger partial charge in [-0.15, -0.1) is 0 Å². The van der Waals surface area contributed by atoms with Gasteiger partial charge in [0.25, 0.3) is 5.91 Å². The standard InChI is InChI=1S/C17H17BrN2OS/c1-3-12-4-6-13(7-5-12)16(21)20-17(22)19-14-8-9-15(18)11(2)10-14/h4-10H,3H2,1-2H3,(H2,19,20,21,22). The second-order valence-corrected chi connectivity index (χ2v) is 6.19. The third kappa shape index (κ3) is 4.39. The highest BCUT2D eigenvalue weighted by Crippen LogP contribution is 2.19. The molecule has 0 aliphatic carbocycles. The Morgan fingerprint density at radius 3 is 2.45 bits per heavy atom. The van der Waals surface area contributed by atoms with Crippen molar-refractivity contribution in [3.8, 4) is 0 Å². The van der Waals surface area contributed by atoms with Crippen LogP contribution in [0.5, 0.6) is 0 Å². The Hall–Kier alpha value is -1.72. The van der Waals surface area contributed by atoms with Gasteiger partial charge in [-0.3, -0.25) is 10.1 Å². The van der Waals surface area contributed by atoms with Crippen molar-refractivity contribution in [2.45, 2.75) is 20.3 Å². The van der Waals surface area contributed by atoms with E-state index in [2.05, 4.69) is 33.5 Å². The Morgan fingerprint density at radius 1 is 1.18 bits per heavy atom. The monoisotopic (exact) mass is 376 g/mol. The average molecular weight is 377 g/mol. The first-order chi connectivity index (χ1) is 10.5. The lowest BCUT2D eigenvalue weighted by Gasteiger charge is -2.11. The molecule has 2 aromatic carbocycles. The highest BCUT2D eigenvalue weighted by molar-refractivity contribution is 9.10. The lowest BCUT2D eigenvalue weighted by atomic mass is 10.1. The summed E-state index contributed by atoms with van der Waals surface area (Å²) in [7, 11) is 0. The van der Waals surface area contributed by atoms with Gasteiger partial charge in [0, 0.05) is 15.7 Å². The zero-order valence-electron chi connectivity index (χ0n) is 12.4. The maximum Gasteiger partial charge on any atom is 0.257 e. The minimum absolute atomic E-state index is 0.214. The summed E-state index contributed by atoms with van der Waals surface area (Å²) in [6.07, 6.45) is 0.949. The van der Waals surface area contributed by atoms with Crippen LogP contribution in [0.3, 0.4) is 0 Å². The Labute approximate surface area is 144 Å². The van der Waals surface area contributed by atoms with Crippen LogP contribution in [0, 0.1) is 6.92 Å². The first kappa shape index (κ1) is 16.6. The smallest absolute Gasteiger partial charge is 0.257 e. The lowest BCUT2D eigenvalue weighted by molar-refractivity contribution is 0.0977. The van der Waals surface area contributed by atoms with Crippen molar-refractivity contribution in [2.75, 3.05) is 5.32 Å². The summed E-state index contributed by atoms with van der Waals surface area (Å²) in [5, 5.41) is 5.98. The quantitative estimate of drug-likeness (QED) is 0.777. The van der Waals surface area contributed by atoms with Gasteiger partial charge in [-0.25, -0.2) is 0 Å². The third-order valence-electron chi connectivity index (χ3n) is 3.27. The predicted octanol–water partition coefficient (Wildman–Crippen LogP) is 4.45. The van der Waals surface area contributed by atoms with Crippen LogP contribution < -0.4 is 10.6 Å². The molecular formula is C17H17BrN2OS. The largest absolute Gasteiger partial charge is 0.332 e. The van der Waals surface area contributed by atoms with E-state index in [0.717, 1.165) is 22.1 Å². The molecule has 0 atom stereocenters. The van der Waals surface area contributed by atoms with Crippen LogP contribution in [0.2, 0.25) is 0 Å². The number of hydrogen-bond donors (Lipinski definition) is 2. The van der Waals surface area contributed by atoms with Gasteiger partial charge in [-0.1, -0.05) is 35.0 Å². The van der Waals surface area contributed by atoms with Gasteiger partial charge in [-0.05, 0) is 67.0 Å². The van der Waals surface area contributed by atoms with E-state index in [-0.39, 0.29) is 11.0 Å². The molecule has 22 heavy (non-hydrogen) atoms. The molecule has 0 aliphatic heterocycles. The van der Waals surface area contributed by atoms with Crippen LogP contribution in [-0.4, -0.2) is 11.0 Å². The molecule has 2 rings (SSSR count). The van der Waals surface area contributed by atoms with E-state index in [1.165, 1.54) is 5.56 Å². The fourth-order valence-corrected chi connectivity index (χ4v) is 2.41. The van der Waals surface area contributed by atoms with Crippen molar-refractivity contribution in [1.29, 1.82) is 0 Å². The maximum atomic E-state index is 12.1. The van der Waals surface area contributed by atoms with E-state index in [0.29, 0.717) is 5.56 Å². The van der Waals surface area contributed by atoms with Crippen molar-refractivity contribution in [2.24, 2.45) is 0 Å². The Morgan fingerprint density at radius 2 is 1.86 bits per heavy atom. The lowest BCUT2D eigenvalue weighted by Crippen LogP contribution is -2.34. The molecule has 114 valence electrons. The van der Waals surface area contributed by atoms with E-state index in [9.17, 15) is 4.79 Å². The molecule has 0 heterocycles. The number of aryl methyl sites for hydroxylation is 2. The van der Waals surface area contributed by atoms with Gasteiger partial charge in [0.05, 0.1) is 0 Å². The number of benzene rings is 2. The Kier molecular flexibility index (Phi) is 5.69. The fourth-order valence-electron chi connectivity index (χ4n) is 1.95. The molecule has 2 aromatic rings. The first-order valence-corrected chi connectivity index (χ1v) is 8.17. The average Bonchev–Trinajstić information content (AvgIpc) is 2.51. The van der Waals surface area contributed by atoms with E-state index in [1.54, 1.807) is 12.1 Å². The zero-order chi connectivity index (χ0) is 16.1. The number of carbonyl (C=O) groups excluding carboxylic acids is 1. The number of nitrogens with one attached hydrogen (secondary N) is 2. The highest BCUT2D eigenvalue weighted by atomic mass is 79.9. The van der Waals surface area contributed by atoms with Crippen LogP contribution in [0.15, 0.2) is 46.9 Å². The van der Waals surface area contributed by atoms with Gasteiger partial charge >= 0.3 is 0 Å². The minimum Gasteiger partial charge on any atom is -0.332 e. The van der Waals surface area contributed by atoms with Crippen LogP contribution in [0.1, 0.15) is 28.4 Å². The fraction of sp³-hybridized carbons (Fsp3) is 0.176. The van der Waals surface area contributed by atoms with Crippen molar-refractivity contribution in [3.05, 3.63) is 63.6 Å². The first-order valence-electron chi connectivity index (χ1n) is 6.97. The number of hydrogen-bond acceptors (Lipinski definition) is 2. The zero-order valence-corrected chi connectivity index (χ0v) is 14.8. The topological polar surface area (TPSA) is 41.1 Å². The summed E-state index contributed by atoms with van der Waals surface area (Å²) in [5.41, 5.74) is 3.72. The van der Waals surface area contributed by atoms with Gasteiger partial charge in [-0.2, -0.15) is 0 Å². The van der Waals surface area contributed by atoms with Crippen molar-refractivity contribution >= 4 is 44.9 Å². The molecule has 0 saturated carbocycles. The molecule has 0 saturated heterocycles. The predicted molar refractivity (Wildman–Crippen MR) is 98.4 cm³/mol. The van der Waals surface area contributed by atoms with Crippen molar-refractivity contribution < 1.29 is 4.79 Å². The van der Waals surface area contributed by atoms with E-state index >= 15 is 0 Å². The molecule has 2 N–H and O–H groups in total. The number of amides is 1. The normalized spacial score (nSPS) is 10.1. The minimum atomic E-state index is -0.214. The second-order valence-electron chi connectivity index (χ2n) is 4.92. The van der Waals surface area contributed by atoms with E-state index in [1.807, 2.05) is 37.3 Å². The number of anilines is 1. The van der Waals surface area contributed by atoms with Crippen molar-refractivity contribution in [1.82, 2.24) is 5.32 Å². The molecule has 0 aliphatic rings. The molecule has 1 amide bonds. The van der Waals surface area contributed by atoms with Gasteiger partial charge in [0.2, 0.25) is 0 Å². The number of halogens is 1. The Bertz CT molecular complexity index is 698. The van der Waals surface area contributed by atoms with Crippen LogP contribution in [0.4, 0.5) is 5.69 Å². The highest BCUT2D eigenvalue weighted by Gasteiger charge is 2.08. The molecule has 0 bridgehead atoms.